The Balaban J connectivity index is 1.05. The number of rotatable bonds is 22. The van der Waals surface area contributed by atoms with Gasteiger partial charge in [0, 0.05) is 65.3 Å². The summed E-state index contributed by atoms with van der Waals surface area (Å²) in [5, 5.41) is 3.82. The number of aromatic nitrogens is 3. The second kappa shape index (κ2) is 33.0. The maximum absolute atomic E-state index is 15.2. The van der Waals surface area contributed by atoms with Gasteiger partial charge in [-0.05, 0) is 80.8 Å². The maximum Gasteiger partial charge on any atom is 0.308 e. The molecule has 0 fully saturated rings. The van der Waals surface area contributed by atoms with E-state index in [0.29, 0.717) is 61.7 Å². The lowest BCUT2D eigenvalue weighted by Gasteiger charge is -2.45. The second-order valence-corrected chi connectivity index (χ2v) is 36.3. The number of carbonyl (C=O) groups is 4. The van der Waals surface area contributed by atoms with E-state index in [1.165, 1.54) is 29.8 Å². The monoisotopic (exact) mass is 1320 g/mol. The Bertz CT molecular complexity index is 3460. The molecule has 0 N–H and O–H groups in total. The van der Waals surface area contributed by atoms with E-state index in [1.54, 1.807) is 26.6 Å². The summed E-state index contributed by atoms with van der Waals surface area (Å²) >= 11 is 0. The Morgan fingerprint density at radius 3 is 1.77 bits per heavy atom. The quantitative estimate of drug-likeness (QED) is 0.0457. The molecule has 4 aromatic carbocycles. The molecule has 1 aliphatic rings. The Morgan fingerprint density at radius 2 is 1.21 bits per heavy atom. The van der Waals surface area contributed by atoms with Crippen LogP contribution in [0.5, 0.6) is 0 Å². The van der Waals surface area contributed by atoms with Crippen LogP contribution >= 0.6 is 0 Å². The fourth-order valence-corrected chi connectivity index (χ4v) is 22.9. The van der Waals surface area contributed by atoms with Crippen molar-refractivity contribution in [2.75, 3.05) is 20.8 Å². The first-order valence-electron chi connectivity index (χ1n) is 33.4. The number of cyclic esters (lactones) is 1. The summed E-state index contributed by atoms with van der Waals surface area (Å²) in [5.74, 6) is -1.83. The maximum atomic E-state index is 15.2. The molecule has 4 heterocycles. The van der Waals surface area contributed by atoms with Crippen molar-refractivity contribution in [2.24, 2.45) is 23.7 Å². The lowest BCUT2D eigenvalue weighted by Crippen LogP contribution is -2.67. The number of ketones is 2. The number of methoxy groups -OCH3 is 2. The van der Waals surface area contributed by atoms with Crippen LogP contribution in [0.1, 0.15) is 165 Å². The van der Waals surface area contributed by atoms with Crippen molar-refractivity contribution in [3.63, 3.8) is 0 Å². The standard InChI is InChI=1S/C76H99N3O13Si2/c1-51(41-42-66(82)54(4)72(90-56(6)80)52(2)43-44-89-93(75(7,8)9,59-31-19-15-20-32-59)60-33-21-16-22-34-60)68(85-14)47-69-55(5)67(84-13)39-28-40-70-77-64(49-86-70)73-79-65(50-88-73)74-78-63(48-87-74)53(3)45-57(81)29-27-30-58(46-71(83)91-69)92-94(76(10,11)12,61-35-23-17-24-36-61)62-37-25-18-26-38-62/h15-26,28,31-38,40,48-55,58,67-69,72H,27,29-30,39,41-47H2,1-14H3/b40-28+/t51-,52+,53-,54-,55+,58-,67-,68-,69-,72+/m0/s1. The normalized spacial score (nSPS) is 20.3. The fraction of sp³-hybridized carbons (Fsp3) is 0.487. The largest absolute Gasteiger partial charge is 0.462 e. The molecule has 3 aromatic heterocycles. The van der Waals surface area contributed by atoms with Crippen molar-refractivity contribution < 1.29 is 60.2 Å². The second-order valence-electron chi connectivity index (χ2n) is 27.8. The number of ether oxygens (including phenoxy) is 4. The Morgan fingerprint density at radius 1 is 0.670 bits per heavy atom. The minimum atomic E-state index is -3.25. The topological polar surface area (TPSA) is 202 Å². The molecule has 0 saturated carbocycles. The number of hydrogen-bond acceptors (Lipinski definition) is 16. The van der Waals surface area contributed by atoms with Gasteiger partial charge in [0.05, 0.1) is 36.3 Å². The zero-order valence-electron chi connectivity index (χ0n) is 57.6. The van der Waals surface area contributed by atoms with Gasteiger partial charge < -0.3 is 41.1 Å². The summed E-state index contributed by atoms with van der Waals surface area (Å²) in [4.78, 5) is 70.5. The van der Waals surface area contributed by atoms with Crippen LogP contribution in [0.4, 0.5) is 0 Å². The summed E-state index contributed by atoms with van der Waals surface area (Å²) in [6, 6.07) is 41.6. The lowest BCUT2D eigenvalue weighted by atomic mass is 9.84. The first kappa shape index (κ1) is 72.6. The van der Waals surface area contributed by atoms with Gasteiger partial charge in [-0.1, -0.05) is 204 Å². The zero-order chi connectivity index (χ0) is 67.8. The van der Waals surface area contributed by atoms with E-state index in [-0.39, 0.29) is 78.2 Å². The molecule has 0 saturated heterocycles. The molecule has 0 radical (unpaired) electrons. The molecule has 0 spiro atoms. The van der Waals surface area contributed by atoms with Gasteiger partial charge >= 0.3 is 11.9 Å². The van der Waals surface area contributed by atoms with E-state index >= 15 is 4.79 Å². The highest BCUT2D eigenvalue weighted by molar-refractivity contribution is 7.00. The summed E-state index contributed by atoms with van der Waals surface area (Å²) < 4.78 is 57.9. The Labute approximate surface area is 558 Å². The van der Waals surface area contributed by atoms with Crippen LogP contribution in [-0.4, -0.2) is 106 Å². The first-order chi connectivity index (χ1) is 44.9. The predicted octanol–water partition coefficient (Wildman–Crippen LogP) is 14.1. The summed E-state index contributed by atoms with van der Waals surface area (Å²) in [7, 11) is -2.82. The lowest BCUT2D eigenvalue weighted by molar-refractivity contribution is -0.159. The molecular weight excluding hydrogens is 1220 g/mol. The first-order valence-corrected chi connectivity index (χ1v) is 37.2. The van der Waals surface area contributed by atoms with E-state index in [2.05, 4.69) is 124 Å². The van der Waals surface area contributed by atoms with Crippen LogP contribution in [0.3, 0.4) is 0 Å². The molecule has 10 atom stereocenters. The zero-order valence-corrected chi connectivity index (χ0v) is 59.6. The highest BCUT2D eigenvalue weighted by atomic mass is 28.4. The Kier molecular flexibility index (Phi) is 25.5. The van der Waals surface area contributed by atoms with Crippen molar-refractivity contribution in [3.05, 3.63) is 158 Å². The third-order valence-electron chi connectivity index (χ3n) is 19.0. The molecule has 7 aromatic rings. The van der Waals surface area contributed by atoms with Crippen LogP contribution in [0.2, 0.25) is 10.1 Å². The number of esters is 2. The molecule has 504 valence electrons. The Hall–Kier alpha value is -7.20. The molecule has 0 unspecified atom stereocenters. The van der Waals surface area contributed by atoms with Gasteiger partial charge in [0.2, 0.25) is 17.7 Å². The number of fused-ring (bicyclic) bond motifs is 8. The number of benzene rings is 4. The van der Waals surface area contributed by atoms with E-state index in [9.17, 15) is 14.4 Å². The smallest absolute Gasteiger partial charge is 0.308 e. The summed E-state index contributed by atoms with van der Waals surface area (Å²) in [6.45, 7) is 25.0. The molecule has 94 heavy (non-hydrogen) atoms. The number of hydrogen-bond donors (Lipinski definition) is 0. The average molecular weight is 1320 g/mol. The van der Waals surface area contributed by atoms with Gasteiger partial charge in [-0.15, -0.1) is 0 Å². The third-order valence-corrected chi connectivity index (χ3v) is 29.1. The van der Waals surface area contributed by atoms with Crippen molar-refractivity contribution in [1.29, 1.82) is 0 Å². The van der Waals surface area contributed by atoms with Crippen molar-refractivity contribution in [2.45, 2.75) is 194 Å². The van der Waals surface area contributed by atoms with E-state index in [1.807, 2.05) is 89.2 Å². The van der Waals surface area contributed by atoms with Gasteiger partial charge in [0.25, 0.3) is 16.6 Å². The number of Topliss-reactive ketones (excluding diaryl/α,β-unsaturated/α-hetero) is 2. The summed E-state index contributed by atoms with van der Waals surface area (Å²) in [5.41, 5.74) is 1.34. The molecule has 0 aliphatic carbocycles. The van der Waals surface area contributed by atoms with Crippen LogP contribution < -0.4 is 20.7 Å². The molecule has 1 aliphatic heterocycles. The average Bonchev–Trinajstić information content (AvgIpc) is 0.913. The molecule has 16 nitrogen and oxygen atoms in total. The van der Waals surface area contributed by atoms with Gasteiger partial charge in [-0.25, -0.2) is 15.0 Å². The van der Waals surface area contributed by atoms with Crippen molar-refractivity contribution in [3.8, 4) is 23.2 Å². The molecule has 8 rings (SSSR count). The van der Waals surface area contributed by atoms with Gasteiger partial charge in [0.1, 0.15) is 42.6 Å². The van der Waals surface area contributed by atoms with Crippen LogP contribution in [0.25, 0.3) is 29.2 Å². The molecule has 6 bridgehead atoms. The highest BCUT2D eigenvalue weighted by Gasteiger charge is 2.53. The highest BCUT2D eigenvalue weighted by Crippen LogP contribution is 2.41. The summed E-state index contributed by atoms with van der Waals surface area (Å²) in [6.07, 6.45) is 8.14. The minimum Gasteiger partial charge on any atom is -0.462 e. The van der Waals surface area contributed by atoms with E-state index < -0.39 is 76.0 Å². The van der Waals surface area contributed by atoms with E-state index in [0.717, 1.165) is 10.4 Å². The molecule has 18 heteroatoms. The van der Waals surface area contributed by atoms with Crippen LogP contribution in [-0.2, 0) is 47.0 Å². The fourth-order valence-electron chi connectivity index (χ4n) is 13.6. The molecule has 0 amide bonds. The van der Waals surface area contributed by atoms with Crippen molar-refractivity contribution in [1.82, 2.24) is 15.0 Å². The van der Waals surface area contributed by atoms with E-state index in [4.69, 9.17) is 46.0 Å². The van der Waals surface area contributed by atoms with Gasteiger partial charge in [0.15, 0.2) is 11.4 Å². The van der Waals surface area contributed by atoms with Crippen molar-refractivity contribution >= 4 is 67.0 Å². The molecular formula is C76H99N3O13Si2. The van der Waals surface area contributed by atoms with Gasteiger partial charge in [-0.2, -0.15) is 0 Å². The predicted molar refractivity (Wildman–Crippen MR) is 371 cm³/mol. The SMILES string of the molecule is CO[C@H]1C/C=C/c2nc(co2)-c2nc(co2)-c2nc(co2)[C@@H](C)CC(=O)CCC[C@H](O[Si](c2ccccc2)(c2ccccc2)C(C)(C)C)CC(=O)O[C@@H](C[C@H](OC)[C@@H](C)CCC(=O)[C@H](C)[C@H](OC(C)=O)[C@H](C)CCO[Si](c2ccccc2)(c2ccccc2)C(C)(C)C)[C@@H]1C. The number of carbonyl (C=O) groups excluding carboxylic acids is 4. The third kappa shape index (κ3) is 17.8. The van der Waals surface area contributed by atoms with Crippen LogP contribution in [0, 0.1) is 23.7 Å². The minimum absolute atomic E-state index is 0.0333. The van der Waals surface area contributed by atoms with Crippen LogP contribution in [0.15, 0.2) is 159 Å². The number of nitrogens with zero attached hydrogens (tertiary/aromatic N) is 3. The number of oxazole rings is 3. The van der Waals surface area contributed by atoms with Gasteiger partial charge in [-0.3, -0.25) is 19.2 Å².